The molecule has 0 N–H and O–H groups in total. The number of rotatable bonds is 2. The van der Waals surface area contributed by atoms with Crippen molar-refractivity contribution < 1.29 is 4.74 Å². The van der Waals surface area contributed by atoms with E-state index in [1.54, 1.807) is 6.92 Å². The third-order valence-electron chi connectivity index (χ3n) is 1.69. The number of halogens is 4. The first kappa shape index (κ1) is 12.2. The van der Waals surface area contributed by atoms with Gasteiger partial charge in [-0.05, 0) is 12.5 Å². The molecule has 0 radical (unpaired) electrons. The van der Waals surface area contributed by atoms with Crippen LogP contribution in [0.3, 0.4) is 0 Å². The first-order valence-electron chi connectivity index (χ1n) is 3.66. The van der Waals surface area contributed by atoms with Crippen LogP contribution in [0.4, 0.5) is 0 Å². The summed E-state index contributed by atoms with van der Waals surface area (Å²) in [5.74, 6) is 0.273. The van der Waals surface area contributed by atoms with Gasteiger partial charge in [0.15, 0.2) is 4.84 Å². The first-order valence-corrected chi connectivity index (χ1v) is 5.29. The summed E-state index contributed by atoms with van der Waals surface area (Å²) in [7, 11) is 1.46. The summed E-state index contributed by atoms with van der Waals surface area (Å²) in [5, 5.41) is 0.737. The van der Waals surface area contributed by atoms with Crippen LogP contribution in [-0.2, 0) is 0 Å². The van der Waals surface area contributed by atoms with Crippen LogP contribution in [-0.4, -0.2) is 12.1 Å². The van der Waals surface area contributed by atoms with E-state index in [0.717, 1.165) is 0 Å². The van der Waals surface area contributed by atoms with Crippen LogP contribution >= 0.6 is 46.4 Å². The molecular weight excluding hydrogens is 268 g/mol. The van der Waals surface area contributed by atoms with Gasteiger partial charge in [-0.1, -0.05) is 46.4 Å². The van der Waals surface area contributed by atoms with Crippen molar-refractivity contribution in [1.82, 2.24) is 4.98 Å². The van der Waals surface area contributed by atoms with Crippen LogP contribution in [0.15, 0.2) is 0 Å². The lowest BCUT2D eigenvalue weighted by Gasteiger charge is -2.11. The maximum absolute atomic E-state index is 5.95. The Kier molecular flexibility index (Phi) is 4.14. The van der Waals surface area contributed by atoms with Gasteiger partial charge in [0, 0.05) is 0 Å². The number of aromatic nitrogens is 1. The minimum atomic E-state index is -0.799. The van der Waals surface area contributed by atoms with E-state index in [2.05, 4.69) is 4.98 Å². The fraction of sp³-hybridized carbons (Fsp3) is 0.375. The maximum Gasteiger partial charge on any atom is 0.233 e. The van der Waals surface area contributed by atoms with E-state index in [1.807, 2.05) is 0 Å². The highest BCUT2D eigenvalue weighted by atomic mass is 35.5. The molecule has 0 fully saturated rings. The van der Waals surface area contributed by atoms with Crippen molar-refractivity contribution in [1.29, 1.82) is 0 Å². The van der Waals surface area contributed by atoms with Crippen molar-refractivity contribution >= 4 is 46.4 Å². The second-order valence-electron chi connectivity index (χ2n) is 2.56. The Balaban J connectivity index is 3.40. The van der Waals surface area contributed by atoms with Crippen LogP contribution in [0.2, 0.25) is 10.0 Å². The lowest BCUT2D eigenvalue weighted by molar-refractivity contribution is 0.396. The Bertz CT molecular complexity index is 354. The Morgan fingerprint density at radius 3 is 2.21 bits per heavy atom. The molecule has 2 nitrogen and oxygen atoms in total. The summed E-state index contributed by atoms with van der Waals surface area (Å²) in [6.45, 7) is 1.74. The van der Waals surface area contributed by atoms with E-state index >= 15 is 0 Å². The van der Waals surface area contributed by atoms with Gasteiger partial charge in [0.05, 0.1) is 17.8 Å². The first-order chi connectivity index (χ1) is 6.49. The standard InChI is InChI=1S/C8H7Cl4NO/c1-3-4(9)6(7(11)12)13-8(14-2)5(3)10/h7H,1-2H3. The van der Waals surface area contributed by atoms with Gasteiger partial charge in [-0.25, -0.2) is 4.98 Å². The SMILES string of the molecule is COc1nc(C(Cl)Cl)c(Cl)c(C)c1Cl. The Morgan fingerprint density at radius 1 is 1.21 bits per heavy atom. The second-order valence-corrected chi connectivity index (χ2v) is 4.41. The highest BCUT2D eigenvalue weighted by Gasteiger charge is 2.18. The second kappa shape index (κ2) is 4.75. The van der Waals surface area contributed by atoms with Gasteiger partial charge in [0.25, 0.3) is 0 Å². The minimum absolute atomic E-state index is 0.273. The van der Waals surface area contributed by atoms with Crippen LogP contribution in [0.1, 0.15) is 16.1 Å². The lowest BCUT2D eigenvalue weighted by Crippen LogP contribution is -1.98. The molecule has 0 atom stereocenters. The zero-order chi connectivity index (χ0) is 10.9. The van der Waals surface area contributed by atoms with Gasteiger partial charge in [-0.3, -0.25) is 0 Å². The Morgan fingerprint density at radius 2 is 1.79 bits per heavy atom. The molecule has 0 aliphatic rings. The van der Waals surface area contributed by atoms with Crippen molar-refractivity contribution in [2.75, 3.05) is 7.11 Å². The molecule has 78 valence electrons. The normalized spacial score (nSPS) is 10.8. The molecule has 0 saturated heterocycles. The number of methoxy groups -OCH3 is 1. The van der Waals surface area contributed by atoms with E-state index in [9.17, 15) is 0 Å². The zero-order valence-corrected chi connectivity index (χ0v) is 10.5. The molecule has 0 unspecified atom stereocenters. The largest absolute Gasteiger partial charge is 0.480 e. The van der Waals surface area contributed by atoms with Crippen molar-refractivity contribution in [2.24, 2.45) is 0 Å². The number of alkyl halides is 2. The van der Waals surface area contributed by atoms with Crippen molar-refractivity contribution in [2.45, 2.75) is 11.8 Å². The highest BCUT2D eigenvalue weighted by molar-refractivity contribution is 6.45. The van der Waals surface area contributed by atoms with Gasteiger partial charge in [0.2, 0.25) is 5.88 Å². The molecule has 1 aromatic rings. The monoisotopic (exact) mass is 273 g/mol. The maximum atomic E-state index is 5.95. The summed E-state index contributed by atoms with van der Waals surface area (Å²) in [6, 6.07) is 0. The molecule has 14 heavy (non-hydrogen) atoms. The van der Waals surface area contributed by atoms with Crippen molar-refractivity contribution in [3.05, 3.63) is 21.3 Å². The number of hydrogen-bond donors (Lipinski definition) is 0. The number of pyridine rings is 1. The van der Waals surface area contributed by atoms with Gasteiger partial charge >= 0.3 is 0 Å². The van der Waals surface area contributed by atoms with E-state index in [1.165, 1.54) is 7.11 Å². The van der Waals surface area contributed by atoms with Crippen molar-refractivity contribution in [3.63, 3.8) is 0 Å². The average molecular weight is 275 g/mol. The molecule has 0 amide bonds. The Hall–Kier alpha value is 0.110. The molecule has 1 heterocycles. The smallest absolute Gasteiger partial charge is 0.233 e. The summed E-state index contributed by atoms with van der Waals surface area (Å²) < 4.78 is 4.95. The average Bonchev–Trinajstić information content (AvgIpc) is 2.14. The third-order valence-corrected chi connectivity index (χ3v) is 3.03. The molecule has 0 bridgehead atoms. The van der Waals surface area contributed by atoms with Crippen LogP contribution in [0.5, 0.6) is 5.88 Å². The van der Waals surface area contributed by atoms with E-state index in [4.69, 9.17) is 51.1 Å². The Labute approximate surface area is 102 Å². The molecular formula is C8H7Cl4NO. The zero-order valence-electron chi connectivity index (χ0n) is 7.44. The summed E-state index contributed by atoms with van der Waals surface area (Å²) in [4.78, 5) is 3.20. The molecule has 1 aromatic heterocycles. The summed E-state index contributed by atoms with van der Waals surface area (Å²) in [5.41, 5.74) is 1.01. The quantitative estimate of drug-likeness (QED) is 0.755. The minimum Gasteiger partial charge on any atom is -0.480 e. The fourth-order valence-electron chi connectivity index (χ4n) is 0.936. The third kappa shape index (κ3) is 2.19. The van der Waals surface area contributed by atoms with Crippen LogP contribution < -0.4 is 4.74 Å². The van der Waals surface area contributed by atoms with Crippen LogP contribution in [0.25, 0.3) is 0 Å². The predicted octanol–water partition coefficient (Wildman–Crippen LogP) is 4.18. The number of ether oxygens (including phenoxy) is 1. The van der Waals surface area contributed by atoms with E-state index < -0.39 is 4.84 Å². The predicted molar refractivity (Wildman–Crippen MR) is 60.0 cm³/mol. The highest BCUT2D eigenvalue weighted by Crippen LogP contribution is 2.38. The van der Waals surface area contributed by atoms with E-state index in [0.29, 0.717) is 21.3 Å². The van der Waals surface area contributed by atoms with Crippen LogP contribution in [0, 0.1) is 6.92 Å². The van der Waals surface area contributed by atoms with E-state index in [-0.39, 0.29) is 5.88 Å². The van der Waals surface area contributed by atoms with Gasteiger partial charge in [0.1, 0.15) is 5.02 Å². The molecule has 0 spiro atoms. The molecule has 6 heteroatoms. The summed E-state index contributed by atoms with van der Waals surface area (Å²) >= 11 is 23.2. The fourth-order valence-corrected chi connectivity index (χ4v) is 1.87. The lowest BCUT2D eigenvalue weighted by atomic mass is 10.2. The topological polar surface area (TPSA) is 22.1 Å². The van der Waals surface area contributed by atoms with Crippen molar-refractivity contribution in [3.8, 4) is 5.88 Å². The number of hydrogen-bond acceptors (Lipinski definition) is 2. The van der Waals surface area contributed by atoms with Gasteiger partial charge in [-0.15, -0.1) is 0 Å². The molecule has 0 saturated carbocycles. The van der Waals surface area contributed by atoms with Gasteiger partial charge < -0.3 is 4.74 Å². The molecule has 0 aromatic carbocycles. The van der Waals surface area contributed by atoms with Gasteiger partial charge in [-0.2, -0.15) is 0 Å². The molecule has 0 aliphatic heterocycles. The molecule has 1 rings (SSSR count). The number of nitrogens with zero attached hydrogens (tertiary/aromatic N) is 1. The summed E-state index contributed by atoms with van der Waals surface area (Å²) in [6.07, 6.45) is 0. The molecule has 0 aliphatic carbocycles.